The van der Waals surface area contributed by atoms with Gasteiger partial charge in [0.1, 0.15) is 10.5 Å². The van der Waals surface area contributed by atoms with Gasteiger partial charge < -0.3 is 14.5 Å². The number of rotatable bonds is 7. The number of thiophene rings is 1. The molecule has 4 heterocycles. The van der Waals surface area contributed by atoms with Crippen molar-refractivity contribution in [2.75, 3.05) is 18.9 Å². The Balaban J connectivity index is 1.44. The molecule has 1 aromatic carbocycles. The Labute approximate surface area is 186 Å². The molecular weight excluding hydrogens is 434 g/mol. The number of carbonyl (C=O) groups excluding carboxylic acids is 1. The molecule has 0 aliphatic carbocycles. The number of ether oxygens (including phenoxy) is 1. The van der Waals surface area contributed by atoms with E-state index in [-0.39, 0.29) is 29.9 Å². The normalized spacial score (nSPS) is 16.3. The van der Waals surface area contributed by atoms with Crippen molar-refractivity contribution >= 4 is 49.3 Å². The maximum atomic E-state index is 13.4. The average Bonchev–Trinajstić information content (AvgIpc) is 3.54. The number of hydrogen-bond acceptors (Lipinski definition) is 7. The Bertz CT molecular complexity index is 1270. The number of nitrogens with zero attached hydrogens (tertiary/aromatic N) is 2. The molecule has 0 spiro atoms. The van der Waals surface area contributed by atoms with E-state index in [9.17, 15) is 9.59 Å². The van der Waals surface area contributed by atoms with Gasteiger partial charge >= 0.3 is 0 Å². The summed E-state index contributed by atoms with van der Waals surface area (Å²) in [5, 5.41) is 4.38. The van der Waals surface area contributed by atoms with Crippen LogP contribution in [0, 0.1) is 0 Å². The van der Waals surface area contributed by atoms with Crippen molar-refractivity contribution in [3.8, 4) is 0 Å². The van der Waals surface area contributed by atoms with Crippen molar-refractivity contribution in [2.45, 2.75) is 30.6 Å². The van der Waals surface area contributed by atoms with Crippen LogP contribution < -0.4 is 10.9 Å². The van der Waals surface area contributed by atoms with Crippen LogP contribution in [0.15, 0.2) is 57.0 Å². The minimum absolute atomic E-state index is 0.0951. The van der Waals surface area contributed by atoms with Crippen molar-refractivity contribution in [3.05, 3.63) is 58.8 Å². The number of amides is 1. The minimum Gasteiger partial charge on any atom is -0.467 e. The fourth-order valence-electron chi connectivity index (χ4n) is 3.68. The van der Waals surface area contributed by atoms with Crippen molar-refractivity contribution in [1.82, 2.24) is 14.9 Å². The molecule has 160 valence electrons. The Morgan fingerprint density at radius 2 is 2.19 bits per heavy atom. The van der Waals surface area contributed by atoms with Crippen LogP contribution in [0.5, 0.6) is 0 Å². The molecule has 3 aromatic heterocycles. The summed E-state index contributed by atoms with van der Waals surface area (Å²) >= 11 is 2.70. The molecule has 0 saturated carbocycles. The molecule has 31 heavy (non-hydrogen) atoms. The van der Waals surface area contributed by atoms with E-state index in [4.69, 9.17) is 14.1 Å². The van der Waals surface area contributed by atoms with Crippen molar-refractivity contribution < 1.29 is 13.9 Å². The highest BCUT2D eigenvalue weighted by Crippen LogP contribution is 2.32. The molecule has 4 aromatic rings. The maximum Gasteiger partial charge on any atom is 0.272 e. The van der Waals surface area contributed by atoms with E-state index in [1.165, 1.54) is 23.1 Å². The molecule has 0 radical (unpaired) electrons. The molecule has 1 atom stereocenters. The third-order valence-corrected chi connectivity index (χ3v) is 7.35. The molecule has 1 amide bonds. The molecule has 0 unspecified atom stereocenters. The molecule has 1 saturated heterocycles. The zero-order valence-electron chi connectivity index (χ0n) is 16.7. The first-order valence-electron chi connectivity index (χ1n) is 10.1. The molecule has 9 heteroatoms. The summed E-state index contributed by atoms with van der Waals surface area (Å²) in [6, 6.07) is 11.5. The first kappa shape index (κ1) is 20.3. The summed E-state index contributed by atoms with van der Waals surface area (Å²) < 4.78 is 14.2. The Morgan fingerprint density at radius 3 is 3.00 bits per heavy atom. The molecule has 1 aliphatic heterocycles. The Kier molecular flexibility index (Phi) is 5.80. The number of benzene rings is 1. The Morgan fingerprint density at radius 1 is 1.29 bits per heavy atom. The highest BCUT2D eigenvalue weighted by atomic mass is 32.2. The van der Waals surface area contributed by atoms with E-state index in [0.717, 1.165) is 29.5 Å². The van der Waals surface area contributed by atoms with Crippen molar-refractivity contribution in [1.29, 1.82) is 0 Å². The maximum absolute atomic E-state index is 13.4. The lowest BCUT2D eigenvalue weighted by atomic mass is 10.2. The lowest BCUT2D eigenvalue weighted by molar-refractivity contribution is -0.119. The number of fused-ring (bicyclic) bond motifs is 3. The van der Waals surface area contributed by atoms with E-state index in [1.807, 2.05) is 30.3 Å². The smallest absolute Gasteiger partial charge is 0.272 e. The van der Waals surface area contributed by atoms with Crippen molar-refractivity contribution in [2.24, 2.45) is 0 Å². The fourth-order valence-corrected chi connectivity index (χ4v) is 5.59. The van der Waals surface area contributed by atoms with Gasteiger partial charge in [-0.2, -0.15) is 0 Å². The minimum atomic E-state index is -0.120. The lowest BCUT2D eigenvalue weighted by Crippen LogP contribution is -2.33. The van der Waals surface area contributed by atoms with Gasteiger partial charge in [-0.15, -0.1) is 11.3 Å². The van der Waals surface area contributed by atoms with E-state index < -0.39 is 0 Å². The van der Waals surface area contributed by atoms with E-state index >= 15 is 0 Å². The molecule has 1 fully saturated rings. The van der Waals surface area contributed by atoms with Crippen LogP contribution in [0.4, 0.5) is 0 Å². The van der Waals surface area contributed by atoms with Gasteiger partial charge in [0.15, 0.2) is 5.16 Å². The second-order valence-corrected chi connectivity index (χ2v) is 9.36. The Hall–Kier alpha value is -2.62. The molecule has 0 bridgehead atoms. The predicted molar refractivity (Wildman–Crippen MR) is 122 cm³/mol. The number of nitrogens with one attached hydrogen (secondary N) is 1. The number of thioether (sulfide) groups is 1. The summed E-state index contributed by atoms with van der Waals surface area (Å²) in [5.41, 5.74) is 0.563. The summed E-state index contributed by atoms with van der Waals surface area (Å²) in [6.45, 7) is 1.54. The standard InChI is InChI=1S/C22H21N3O4S2/c26-18(23-11-14-5-3-9-28-14)13-30-22-24-19-16-7-1-2-8-17(16)31-20(19)21(27)25(22)12-15-6-4-10-29-15/h1-2,4,6-8,10,14H,3,5,9,11-13H2,(H,23,26)/t14-/m0/s1. The van der Waals surface area contributed by atoms with Crippen molar-refractivity contribution in [3.63, 3.8) is 0 Å². The van der Waals surface area contributed by atoms with Gasteiger partial charge in [-0.3, -0.25) is 14.2 Å². The average molecular weight is 456 g/mol. The summed E-state index contributed by atoms with van der Waals surface area (Å²) in [4.78, 5) is 30.5. The molecule has 1 N–H and O–H groups in total. The predicted octanol–water partition coefficient (Wildman–Crippen LogP) is 3.64. The monoisotopic (exact) mass is 455 g/mol. The van der Waals surface area contributed by atoms with Crippen LogP contribution >= 0.6 is 23.1 Å². The van der Waals surface area contributed by atoms with Crippen LogP contribution in [0.3, 0.4) is 0 Å². The summed E-state index contributed by atoms with van der Waals surface area (Å²) in [5.74, 6) is 0.730. The summed E-state index contributed by atoms with van der Waals surface area (Å²) in [7, 11) is 0. The van der Waals surface area contributed by atoms with Gasteiger partial charge in [-0.1, -0.05) is 30.0 Å². The number of furan rings is 1. The van der Waals surface area contributed by atoms with Gasteiger partial charge in [-0.05, 0) is 31.0 Å². The second kappa shape index (κ2) is 8.86. The largest absolute Gasteiger partial charge is 0.467 e. The molecule has 7 nitrogen and oxygen atoms in total. The van der Waals surface area contributed by atoms with E-state index in [1.54, 1.807) is 16.9 Å². The molecule has 5 rings (SSSR count). The number of aromatic nitrogens is 2. The van der Waals surface area contributed by atoms with E-state index in [0.29, 0.717) is 27.7 Å². The van der Waals surface area contributed by atoms with E-state index in [2.05, 4.69) is 5.32 Å². The van der Waals surface area contributed by atoms with Crippen LogP contribution in [-0.2, 0) is 16.1 Å². The lowest BCUT2D eigenvalue weighted by Gasteiger charge is -2.12. The van der Waals surface area contributed by atoms with Gasteiger partial charge in [-0.25, -0.2) is 4.98 Å². The molecular formula is C22H21N3O4S2. The first-order chi connectivity index (χ1) is 15.2. The van der Waals surface area contributed by atoms with Gasteiger partial charge in [0.25, 0.3) is 5.56 Å². The zero-order valence-corrected chi connectivity index (χ0v) is 18.3. The summed E-state index contributed by atoms with van der Waals surface area (Å²) in [6.07, 6.45) is 3.68. The third-order valence-electron chi connectivity index (χ3n) is 5.22. The van der Waals surface area contributed by atoms with Gasteiger partial charge in [0.2, 0.25) is 5.91 Å². The van der Waals surface area contributed by atoms with Crippen LogP contribution in [0.25, 0.3) is 20.3 Å². The highest BCUT2D eigenvalue weighted by molar-refractivity contribution is 7.99. The van der Waals surface area contributed by atoms with Gasteiger partial charge in [0, 0.05) is 23.2 Å². The number of carbonyl (C=O) groups is 1. The molecule has 1 aliphatic rings. The fraction of sp³-hybridized carbons (Fsp3) is 0.318. The SMILES string of the molecule is O=C(CSc1nc2c(sc3ccccc32)c(=O)n1Cc1ccco1)NC[C@@H]1CCCO1. The van der Waals surface area contributed by atoms with Gasteiger partial charge in [0.05, 0.1) is 30.2 Å². The zero-order chi connectivity index (χ0) is 21.2. The quantitative estimate of drug-likeness (QED) is 0.338. The number of hydrogen-bond donors (Lipinski definition) is 1. The first-order valence-corrected chi connectivity index (χ1v) is 11.9. The van der Waals surface area contributed by atoms with Crippen LogP contribution in [0.1, 0.15) is 18.6 Å². The highest BCUT2D eigenvalue weighted by Gasteiger charge is 2.19. The van der Waals surface area contributed by atoms with Crippen LogP contribution in [-0.4, -0.2) is 40.5 Å². The second-order valence-electron chi connectivity index (χ2n) is 7.37. The van der Waals surface area contributed by atoms with Crippen LogP contribution in [0.2, 0.25) is 0 Å². The topological polar surface area (TPSA) is 86.4 Å². The third kappa shape index (κ3) is 4.26.